The highest BCUT2D eigenvalue weighted by Crippen LogP contribution is 2.23. The lowest BCUT2D eigenvalue weighted by Crippen LogP contribution is -2.47. The summed E-state index contributed by atoms with van der Waals surface area (Å²) in [6, 6.07) is 11.3. The maximum absolute atomic E-state index is 5.92. The molecule has 1 aromatic carbocycles. The second-order valence-electron chi connectivity index (χ2n) is 4.32. The summed E-state index contributed by atoms with van der Waals surface area (Å²) in [4.78, 5) is 2.44. The third kappa shape index (κ3) is 2.43. The van der Waals surface area contributed by atoms with Crippen molar-refractivity contribution < 1.29 is 4.74 Å². The number of nitrogens with zero attached hydrogens (tertiary/aromatic N) is 1. The fourth-order valence-electron chi connectivity index (χ4n) is 2.34. The van der Waals surface area contributed by atoms with Crippen LogP contribution in [0, 0.1) is 0 Å². The molecule has 0 amide bonds. The highest BCUT2D eigenvalue weighted by atomic mass is 16.5. The molecule has 0 spiro atoms. The smallest absolute Gasteiger partial charge is 0.0620 e. The van der Waals surface area contributed by atoms with E-state index in [1.54, 1.807) is 0 Å². The van der Waals surface area contributed by atoms with E-state index in [4.69, 9.17) is 10.5 Å². The lowest BCUT2D eigenvalue weighted by atomic mass is 10.0. The second-order valence-corrected chi connectivity index (χ2v) is 4.32. The number of hydrogen-bond acceptors (Lipinski definition) is 3. The number of benzene rings is 1. The van der Waals surface area contributed by atoms with Gasteiger partial charge in [0.2, 0.25) is 0 Å². The molecule has 2 unspecified atom stereocenters. The van der Waals surface area contributed by atoms with E-state index in [0.717, 1.165) is 19.8 Å². The Labute approximate surface area is 97.2 Å². The van der Waals surface area contributed by atoms with Crippen molar-refractivity contribution >= 4 is 0 Å². The van der Waals surface area contributed by atoms with Gasteiger partial charge >= 0.3 is 0 Å². The highest BCUT2D eigenvalue weighted by molar-refractivity contribution is 5.19. The van der Waals surface area contributed by atoms with E-state index in [-0.39, 0.29) is 0 Å². The molecular formula is C13H20N2O. The van der Waals surface area contributed by atoms with Gasteiger partial charge in [-0.3, -0.25) is 4.90 Å². The Bertz CT molecular complexity index is 315. The largest absolute Gasteiger partial charge is 0.379 e. The van der Waals surface area contributed by atoms with Crippen molar-refractivity contribution in [2.24, 2.45) is 5.73 Å². The van der Waals surface area contributed by atoms with Gasteiger partial charge in [-0.25, -0.2) is 0 Å². The molecule has 1 aliphatic rings. The molecule has 1 aliphatic heterocycles. The second kappa shape index (κ2) is 5.43. The molecule has 0 aromatic heterocycles. The van der Waals surface area contributed by atoms with Gasteiger partial charge in [-0.05, 0) is 12.5 Å². The van der Waals surface area contributed by atoms with E-state index in [1.807, 2.05) is 6.07 Å². The molecule has 88 valence electrons. The van der Waals surface area contributed by atoms with E-state index in [1.165, 1.54) is 5.56 Å². The topological polar surface area (TPSA) is 38.5 Å². The zero-order valence-corrected chi connectivity index (χ0v) is 9.80. The first kappa shape index (κ1) is 11.6. The van der Waals surface area contributed by atoms with Crippen LogP contribution in [0.1, 0.15) is 18.5 Å². The van der Waals surface area contributed by atoms with Gasteiger partial charge < -0.3 is 10.5 Å². The molecule has 16 heavy (non-hydrogen) atoms. The average Bonchev–Trinajstić information content (AvgIpc) is 2.34. The minimum atomic E-state index is 0.320. The van der Waals surface area contributed by atoms with Crippen LogP contribution in [0.25, 0.3) is 0 Å². The van der Waals surface area contributed by atoms with E-state index < -0.39 is 0 Å². The average molecular weight is 220 g/mol. The van der Waals surface area contributed by atoms with Crippen LogP contribution in [0.5, 0.6) is 0 Å². The fourth-order valence-corrected chi connectivity index (χ4v) is 2.34. The number of rotatable bonds is 3. The third-order valence-electron chi connectivity index (χ3n) is 3.23. The predicted octanol–water partition coefficient (Wildman–Crippen LogP) is 1.41. The van der Waals surface area contributed by atoms with Gasteiger partial charge in [0.1, 0.15) is 0 Å². The van der Waals surface area contributed by atoms with E-state index in [2.05, 4.69) is 36.1 Å². The van der Waals surface area contributed by atoms with E-state index >= 15 is 0 Å². The Hall–Kier alpha value is -0.900. The maximum atomic E-state index is 5.92. The first-order valence-corrected chi connectivity index (χ1v) is 5.91. The van der Waals surface area contributed by atoms with Gasteiger partial charge in [-0.1, -0.05) is 30.3 Å². The van der Waals surface area contributed by atoms with E-state index in [9.17, 15) is 0 Å². The van der Waals surface area contributed by atoms with Crippen molar-refractivity contribution in [1.82, 2.24) is 4.90 Å². The predicted molar refractivity (Wildman–Crippen MR) is 65.2 cm³/mol. The van der Waals surface area contributed by atoms with Gasteiger partial charge in [0.05, 0.1) is 13.2 Å². The quantitative estimate of drug-likeness (QED) is 0.837. The molecule has 3 heteroatoms. The number of hydrogen-bond donors (Lipinski definition) is 1. The van der Waals surface area contributed by atoms with Crippen LogP contribution in [0.4, 0.5) is 0 Å². The van der Waals surface area contributed by atoms with Gasteiger partial charge in [0.25, 0.3) is 0 Å². The Morgan fingerprint density at radius 2 is 2.19 bits per heavy atom. The Kier molecular flexibility index (Phi) is 3.93. The maximum Gasteiger partial charge on any atom is 0.0620 e. The monoisotopic (exact) mass is 220 g/mol. The fraction of sp³-hybridized carbons (Fsp3) is 0.538. The van der Waals surface area contributed by atoms with Gasteiger partial charge in [0.15, 0.2) is 0 Å². The van der Waals surface area contributed by atoms with Crippen LogP contribution in [-0.2, 0) is 4.74 Å². The summed E-state index contributed by atoms with van der Waals surface area (Å²) in [5.41, 5.74) is 7.22. The van der Waals surface area contributed by atoms with Crippen molar-refractivity contribution in [1.29, 1.82) is 0 Å². The molecule has 0 saturated carbocycles. The summed E-state index contributed by atoms with van der Waals surface area (Å²) in [5, 5.41) is 0. The summed E-state index contributed by atoms with van der Waals surface area (Å²) < 4.78 is 5.46. The molecule has 0 aliphatic carbocycles. The van der Waals surface area contributed by atoms with Crippen LogP contribution in [0.3, 0.4) is 0 Å². The molecular weight excluding hydrogens is 200 g/mol. The summed E-state index contributed by atoms with van der Waals surface area (Å²) in [6.45, 7) is 5.45. The van der Waals surface area contributed by atoms with Gasteiger partial charge in [-0.15, -0.1) is 0 Å². The van der Waals surface area contributed by atoms with Crippen LogP contribution in [-0.4, -0.2) is 37.2 Å². The Morgan fingerprint density at radius 3 is 2.81 bits per heavy atom. The number of nitrogens with two attached hydrogens (primary N) is 1. The first-order valence-electron chi connectivity index (χ1n) is 5.91. The number of morpholine rings is 1. The van der Waals surface area contributed by atoms with Crippen molar-refractivity contribution in [3.8, 4) is 0 Å². The molecule has 1 saturated heterocycles. The zero-order valence-electron chi connectivity index (χ0n) is 9.80. The normalized spacial score (nSPS) is 24.2. The van der Waals surface area contributed by atoms with Crippen LogP contribution >= 0.6 is 0 Å². The van der Waals surface area contributed by atoms with Crippen molar-refractivity contribution in [2.75, 3.05) is 26.3 Å². The summed E-state index contributed by atoms with van der Waals surface area (Å²) in [7, 11) is 0. The molecule has 3 nitrogen and oxygen atoms in total. The lowest BCUT2D eigenvalue weighted by molar-refractivity contribution is -0.0209. The molecule has 2 rings (SSSR count). The van der Waals surface area contributed by atoms with E-state index in [0.29, 0.717) is 18.6 Å². The molecule has 2 N–H and O–H groups in total. The zero-order chi connectivity index (χ0) is 11.4. The lowest BCUT2D eigenvalue weighted by Gasteiger charge is -2.39. The summed E-state index contributed by atoms with van der Waals surface area (Å²) in [6.07, 6.45) is 0. The molecule has 2 atom stereocenters. The molecule has 1 heterocycles. The first-order chi connectivity index (χ1) is 7.83. The van der Waals surface area contributed by atoms with Crippen molar-refractivity contribution in [3.05, 3.63) is 35.9 Å². The minimum Gasteiger partial charge on any atom is -0.379 e. The molecule has 0 radical (unpaired) electrons. The third-order valence-corrected chi connectivity index (χ3v) is 3.23. The minimum absolute atomic E-state index is 0.320. The van der Waals surface area contributed by atoms with Gasteiger partial charge in [-0.2, -0.15) is 0 Å². The molecule has 1 aromatic rings. The van der Waals surface area contributed by atoms with Gasteiger partial charge in [0, 0.05) is 25.2 Å². The van der Waals surface area contributed by atoms with Crippen molar-refractivity contribution in [2.45, 2.75) is 19.0 Å². The summed E-state index contributed by atoms with van der Waals surface area (Å²) in [5.74, 6) is 0. The molecule has 0 bridgehead atoms. The number of ether oxygens (including phenoxy) is 1. The Morgan fingerprint density at radius 1 is 1.44 bits per heavy atom. The van der Waals surface area contributed by atoms with Crippen molar-refractivity contribution in [3.63, 3.8) is 0 Å². The van der Waals surface area contributed by atoms with Crippen LogP contribution in [0.15, 0.2) is 30.3 Å². The van der Waals surface area contributed by atoms with Crippen LogP contribution in [0.2, 0.25) is 0 Å². The standard InChI is InChI=1S/C13H20N2O/c1-11-10-16-8-7-15(11)13(9-14)12-5-3-2-4-6-12/h2-6,11,13H,7-10,14H2,1H3. The SMILES string of the molecule is CC1COCCN1C(CN)c1ccccc1. The molecule has 1 fully saturated rings. The highest BCUT2D eigenvalue weighted by Gasteiger charge is 2.26. The van der Waals surface area contributed by atoms with Crippen LogP contribution < -0.4 is 5.73 Å². The summed E-state index contributed by atoms with van der Waals surface area (Å²) >= 11 is 0. The Balaban J connectivity index is 2.15.